The molecule has 0 fully saturated rings. The average Bonchev–Trinajstić information content (AvgIpc) is 3.33. The molecule has 5 heterocycles. The van der Waals surface area contributed by atoms with E-state index < -0.39 is 0 Å². The molecule has 2 aromatic rings. The zero-order chi connectivity index (χ0) is 23.4. The maximum Gasteiger partial charge on any atom is 0.180 e. The Balaban J connectivity index is 1.37. The number of fused-ring (bicyclic) bond motifs is 5. The smallest absolute Gasteiger partial charge is 0.180 e. The minimum atomic E-state index is -0.182. The van der Waals surface area contributed by atoms with Crippen molar-refractivity contribution in [1.82, 2.24) is 0 Å². The number of hydrogen-bond donors (Lipinski definition) is 0. The van der Waals surface area contributed by atoms with E-state index in [1.54, 1.807) is 22.7 Å². The molecule has 0 radical (unpaired) electrons. The molecule has 6 nitrogen and oxygen atoms in total. The molecule has 0 saturated heterocycles. The normalized spacial score (nSPS) is 28.8. The largest absolute Gasteiger partial charge is 0.488 e. The van der Waals surface area contributed by atoms with Crippen LogP contribution in [-0.4, -0.2) is 52.9 Å². The summed E-state index contributed by atoms with van der Waals surface area (Å²) >= 11 is 3.26. The van der Waals surface area contributed by atoms with E-state index in [0.717, 1.165) is 58.8 Å². The maximum absolute atomic E-state index is 6.37. The SMILES string of the molecule is CC12COCCCCCCCCOCC3(C)COc4csc(c4OC3)-c3scc(c3OC1)OC2. The fourth-order valence-corrected chi connectivity index (χ4v) is 6.47. The molecule has 2 atom stereocenters. The van der Waals surface area contributed by atoms with Gasteiger partial charge in [-0.3, -0.25) is 0 Å². The van der Waals surface area contributed by atoms with Crippen molar-refractivity contribution in [3.63, 3.8) is 0 Å². The molecule has 0 aromatic carbocycles. The highest BCUT2D eigenvalue weighted by molar-refractivity contribution is 7.21. The predicted octanol–water partition coefficient (Wildman–Crippen LogP) is 6.42. The van der Waals surface area contributed by atoms with E-state index in [0.29, 0.717) is 39.6 Å². The van der Waals surface area contributed by atoms with Crippen molar-refractivity contribution in [2.45, 2.75) is 52.4 Å². The third-order valence-electron chi connectivity index (χ3n) is 6.64. The molecular formula is C26H36O6S2. The third-order valence-corrected chi connectivity index (χ3v) is 8.69. The van der Waals surface area contributed by atoms with Crippen molar-refractivity contribution in [2.75, 3.05) is 52.9 Å². The molecule has 2 aromatic heterocycles. The summed E-state index contributed by atoms with van der Waals surface area (Å²) in [5.74, 6) is 3.22. The first-order valence-electron chi connectivity index (χ1n) is 12.5. The fourth-order valence-electron chi connectivity index (χ4n) is 4.45. The minimum Gasteiger partial charge on any atom is -0.488 e. The number of ether oxygens (including phenoxy) is 6. The molecule has 8 heteroatoms. The van der Waals surface area contributed by atoms with Crippen LogP contribution in [0.15, 0.2) is 10.8 Å². The van der Waals surface area contributed by atoms with Crippen molar-refractivity contribution in [1.29, 1.82) is 0 Å². The Morgan fingerprint density at radius 2 is 0.971 bits per heavy atom. The van der Waals surface area contributed by atoms with Crippen LogP contribution in [0.25, 0.3) is 9.75 Å². The van der Waals surface area contributed by atoms with E-state index in [-0.39, 0.29) is 10.8 Å². The molecule has 2 unspecified atom stereocenters. The summed E-state index contributed by atoms with van der Waals surface area (Å²) in [4.78, 5) is 2.08. The van der Waals surface area contributed by atoms with Gasteiger partial charge in [0, 0.05) is 24.0 Å². The van der Waals surface area contributed by atoms with Gasteiger partial charge in [0.2, 0.25) is 0 Å². The molecule has 3 aliphatic rings. The summed E-state index contributed by atoms with van der Waals surface area (Å²) in [5, 5.41) is 4.08. The summed E-state index contributed by atoms with van der Waals surface area (Å²) in [5.41, 5.74) is -0.364. The first-order chi connectivity index (χ1) is 16.6. The highest BCUT2D eigenvalue weighted by Gasteiger charge is 2.36. The molecule has 34 heavy (non-hydrogen) atoms. The first-order valence-corrected chi connectivity index (χ1v) is 14.2. The van der Waals surface area contributed by atoms with E-state index in [1.807, 2.05) is 10.8 Å². The molecule has 0 amide bonds. The molecular weight excluding hydrogens is 472 g/mol. The summed E-state index contributed by atoms with van der Waals surface area (Å²) in [7, 11) is 0. The van der Waals surface area contributed by atoms with Crippen LogP contribution in [0, 0.1) is 10.8 Å². The lowest BCUT2D eigenvalue weighted by Crippen LogP contribution is -2.35. The van der Waals surface area contributed by atoms with E-state index in [1.165, 1.54) is 25.7 Å². The Hall–Kier alpha value is -1.48. The Kier molecular flexibility index (Phi) is 7.58. The van der Waals surface area contributed by atoms with Crippen molar-refractivity contribution >= 4 is 22.7 Å². The van der Waals surface area contributed by atoms with Gasteiger partial charge in [-0.25, -0.2) is 0 Å². The summed E-state index contributed by atoms with van der Waals surface area (Å²) < 4.78 is 37.3. The highest BCUT2D eigenvalue weighted by atomic mass is 32.1. The number of hydrogen-bond acceptors (Lipinski definition) is 8. The molecule has 0 spiro atoms. The van der Waals surface area contributed by atoms with Crippen LogP contribution in [0.4, 0.5) is 0 Å². The zero-order valence-electron chi connectivity index (χ0n) is 20.3. The lowest BCUT2D eigenvalue weighted by Gasteiger charge is -2.26. The van der Waals surface area contributed by atoms with Gasteiger partial charge >= 0.3 is 0 Å². The van der Waals surface area contributed by atoms with E-state index in [4.69, 9.17) is 28.4 Å². The van der Waals surface area contributed by atoms with Gasteiger partial charge in [0.1, 0.15) is 0 Å². The predicted molar refractivity (Wildman–Crippen MR) is 135 cm³/mol. The average molecular weight is 509 g/mol. The monoisotopic (exact) mass is 508 g/mol. The van der Waals surface area contributed by atoms with Crippen LogP contribution < -0.4 is 18.9 Å². The lowest BCUT2D eigenvalue weighted by molar-refractivity contribution is 0.00465. The van der Waals surface area contributed by atoms with Crippen molar-refractivity contribution < 1.29 is 28.4 Å². The fraction of sp³-hybridized carbons (Fsp3) is 0.692. The molecule has 0 aliphatic carbocycles. The maximum atomic E-state index is 6.37. The topological polar surface area (TPSA) is 55.4 Å². The van der Waals surface area contributed by atoms with Crippen molar-refractivity contribution in [2.24, 2.45) is 10.8 Å². The lowest BCUT2D eigenvalue weighted by atomic mass is 9.94. The van der Waals surface area contributed by atoms with Crippen LogP contribution in [0.3, 0.4) is 0 Å². The molecule has 4 bridgehead atoms. The quantitative estimate of drug-likeness (QED) is 0.409. The first kappa shape index (κ1) is 24.2. The number of thiophene rings is 2. The van der Waals surface area contributed by atoms with Gasteiger partial charge in [-0.15, -0.1) is 22.7 Å². The van der Waals surface area contributed by atoms with Crippen LogP contribution in [0.5, 0.6) is 23.0 Å². The summed E-state index contributed by atoms with van der Waals surface area (Å²) in [6, 6.07) is 0. The Labute approximate surface area is 210 Å². The second-order valence-corrected chi connectivity index (χ2v) is 12.3. The van der Waals surface area contributed by atoms with Gasteiger partial charge in [-0.1, -0.05) is 39.5 Å². The number of rotatable bonds is 0. The third kappa shape index (κ3) is 5.50. The van der Waals surface area contributed by atoms with Crippen LogP contribution in [-0.2, 0) is 9.47 Å². The zero-order valence-corrected chi connectivity index (χ0v) is 22.0. The summed E-state index contributed by atoms with van der Waals surface area (Å²) in [6.45, 7) is 9.50. The minimum absolute atomic E-state index is 0.182. The second kappa shape index (κ2) is 10.6. The molecule has 188 valence electrons. The van der Waals surface area contributed by atoms with Crippen LogP contribution >= 0.6 is 22.7 Å². The molecule has 0 N–H and O–H groups in total. The van der Waals surface area contributed by atoms with Gasteiger partial charge in [-0.05, 0) is 12.8 Å². The van der Waals surface area contributed by atoms with Gasteiger partial charge in [-0.2, -0.15) is 0 Å². The molecule has 0 saturated carbocycles. The van der Waals surface area contributed by atoms with E-state index in [2.05, 4.69) is 13.8 Å². The van der Waals surface area contributed by atoms with Gasteiger partial charge in [0.15, 0.2) is 23.0 Å². The highest BCUT2D eigenvalue weighted by Crippen LogP contribution is 2.54. The van der Waals surface area contributed by atoms with Crippen LogP contribution in [0.2, 0.25) is 0 Å². The standard InChI is InChI=1S/C26H36O6S2/c1-25-13-27-9-7-5-3-4-6-8-10-28-14-26(2)16-30-20-12-34-24(22(20)32-18-26)23-21(31-17-25)19(11-33-23)29-15-25/h11-12H,3-10,13-18H2,1-2H3. The Morgan fingerprint density at radius 1 is 0.559 bits per heavy atom. The molecule has 5 rings (SSSR count). The van der Waals surface area contributed by atoms with Gasteiger partial charge in [0.05, 0.1) is 60.2 Å². The summed E-state index contributed by atoms with van der Waals surface area (Å²) in [6.07, 6.45) is 7.13. The van der Waals surface area contributed by atoms with Crippen molar-refractivity contribution in [3.8, 4) is 32.8 Å². The molecule has 3 aliphatic heterocycles. The van der Waals surface area contributed by atoms with E-state index in [9.17, 15) is 0 Å². The second-order valence-electron chi connectivity index (χ2n) is 10.5. The van der Waals surface area contributed by atoms with Gasteiger partial charge < -0.3 is 28.4 Å². The Morgan fingerprint density at radius 3 is 1.44 bits per heavy atom. The van der Waals surface area contributed by atoms with E-state index >= 15 is 0 Å². The van der Waals surface area contributed by atoms with Crippen molar-refractivity contribution in [3.05, 3.63) is 10.8 Å². The van der Waals surface area contributed by atoms with Crippen LogP contribution in [0.1, 0.15) is 52.4 Å². The van der Waals surface area contributed by atoms with Gasteiger partial charge in [0.25, 0.3) is 0 Å². The Bertz CT molecular complexity index is 879.